The van der Waals surface area contributed by atoms with E-state index < -0.39 is 5.97 Å². The molecule has 1 saturated heterocycles. The maximum atomic E-state index is 13.2. The summed E-state index contributed by atoms with van der Waals surface area (Å²) < 4.78 is 18.0. The van der Waals surface area contributed by atoms with Gasteiger partial charge >= 0.3 is 12.0 Å². The fourth-order valence-electron chi connectivity index (χ4n) is 3.50. The van der Waals surface area contributed by atoms with Gasteiger partial charge in [-0.1, -0.05) is 25.5 Å². The lowest BCUT2D eigenvalue weighted by Gasteiger charge is -2.35. The molecule has 1 aromatic rings. The Balaban J connectivity index is 1.81. The van der Waals surface area contributed by atoms with Crippen LogP contribution in [0.5, 0.6) is 0 Å². The number of hydrogen-bond acceptors (Lipinski definition) is 5. The third-order valence-corrected chi connectivity index (χ3v) is 5.42. The van der Waals surface area contributed by atoms with Crippen LogP contribution >= 0.6 is 0 Å². The van der Waals surface area contributed by atoms with Gasteiger partial charge in [-0.2, -0.15) is 0 Å². The summed E-state index contributed by atoms with van der Waals surface area (Å²) in [7, 11) is 0. The maximum absolute atomic E-state index is 13.2. The molecule has 0 spiro atoms. The molecule has 1 N–H and O–H groups in total. The van der Waals surface area contributed by atoms with Crippen molar-refractivity contribution in [2.45, 2.75) is 39.7 Å². The van der Waals surface area contributed by atoms with Gasteiger partial charge in [0.1, 0.15) is 12.4 Å². The Morgan fingerprint density at radius 2 is 1.78 bits per heavy atom. The molecule has 0 aromatic heterocycles. The molecular weight excluding hydrogens is 415 g/mol. The van der Waals surface area contributed by atoms with E-state index in [0.29, 0.717) is 52.2 Å². The predicted molar refractivity (Wildman–Crippen MR) is 119 cm³/mol. The number of hydrogen-bond donors (Lipinski definition) is 1. The Morgan fingerprint density at radius 3 is 2.41 bits per heavy atom. The van der Waals surface area contributed by atoms with E-state index in [-0.39, 0.29) is 30.9 Å². The summed E-state index contributed by atoms with van der Waals surface area (Å²) in [5, 5.41) is 2.58. The Kier molecular flexibility index (Phi) is 10.9. The number of ether oxygens (including phenoxy) is 1. The third kappa shape index (κ3) is 8.82. The minimum Gasteiger partial charge on any atom is -0.465 e. The molecule has 0 radical (unpaired) electrons. The third-order valence-electron chi connectivity index (χ3n) is 5.42. The molecule has 1 aromatic carbocycles. The van der Waals surface area contributed by atoms with Gasteiger partial charge in [0, 0.05) is 52.2 Å². The van der Waals surface area contributed by atoms with Gasteiger partial charge in [0.05, 0.1) is 6.61 Å². The summed E-state index contributed by atoms with van der Waals surface area (Å²) in [6.45, 7) is 8.16. The molecule has 3 amide bonds. The first-order valence-electron chi connectivity index (χ1n) is 11.4. The lowest BCUT2D eigenvalue weighted by Crippen LogP contribution is -2.53. The number of piperazine rings is 1. The van der Waals surface area contributed by atoms with E-state index in [1.165, 1.54) is 12.1 Å². The van der Waals surface area contributed by atoms with Crippen LogP contribution in [-0.2, 0) is 20.9 Å². The highest BCUT2D eigenvalue weighted by atomic mass is 19.1. The van der Waals surface area contributed by atoms with E-state index in [2.05, 4.69) is 17.1 Å². The van der Waals surface area contributed by atoms with E-state index in [1.807, 2.05) is 4.90 Å². The molecule has 0 saturated carbocycles. The SMILES string of the molecule is CCCCC(=O)N(CCN1CCN(C(=O)NCC(=O)OCC)CC1)Cc1ccc(F)cc1. The van der Waals surface area contributed by atoms with Crippen LogP contribution in [0.3, 0.4) is 0 Å². The fourth-order valence-corrected chi connectivity index (χ4v) is 3.50. The van der Waals surface area contributed by atoms with E-state index in [0.717, 1.165) is 18.4 Å². The van der Waals surface area contributed by atoms with Crippen LogP contribution in [-0.4, -0.2) is 85.0 Å². The van der Waals surface area contributed by atoms with Gasteiger partial charge < -0.3 is 19.9 Å². The Labute approximate surface area is 189 Å². The zero-order valence-corrected chi connectivity index (χ0v) is 19.1. The van der Waals surface area contributed by atoms with Gasteiger partial charge in [-0.25, -0.2) is 9.18 Å². The zero-order chi connectivity index (χ0) is 23.3. The van der Waals surface area contributed by atoms with Crippen molar-refractivity contribution < 1.29 is 23.5 Å². The minimum absolute atomic E-state index is 0.105. The van der Waals surface area contributed by atoms with Gasteiger partial charge in [-0.05, 0) is 31.0 Å². The second-order valence-corrected chi connectivity index (χ2v) is 7.84. The van der Waals surface area contributed by atoms with Crippen LogP contribution in [0.15, 0.2) is 24.3 Å². The molecule has 0 bridgehead atoms. The van der Waals surface area contributed by atoms with Crippen molar-refractivity contribution in [2.24, 2.45) is 0 Å². The van der Waals surface area contributed by atoms with Crippen LogP contribution in [0.4, 0.5) is 9.18 Å². The monoisotopic (exact) mass is 450 g/mol. The predicted octanol–water partition coefficient (Wildman–Crippen LogP) is 2.23. The second-order valence-electron chi connectivity index (χ2n) is 7.84. The van der Waals surface area contributed by atoms with Gasteiger partial charge in [-0.3, -0.25) is 14.5 Å². The molecule has 1 aliphatic heterocycles. The topological polar surface area (TPSA) is 82.2 Å². The maximum Gasteiger partial charge on any atom is 0.325 e. The average Bonchev–Trinajstić information content (AvgIpc) is 2.80. The van der Waals surface area contributed by atoms with Crippen LogP contribution in [0.1, 0.15) is 38.7 Å². The number of nitrogens with zero attached hydrogens (tertiary/aromatic N) is 3. The summed E-state index contributed by atoms with van der Waals surface area (Å²) in [5.74, 6) is -0.636. The molecule has 9 heteroatoms. The number of amides is 3. The molecule has 178 valence electrons. The first-order valence-corrected chi connectivity index (χ1v) is 11.4. The molecule has 1 aliphatic rings. The number of rotatable bonds is 11. The molecule has 1 fully saturated rings. The minimum atomic E-state index is -0.450. The number of carbonyl (C=O) groups is 3. The summed E-state index contributed by atoms with van der Waals surface area (Å²) in [5.41, 5.74) is 0.902. The van der Waals surface area contributed by atoms with Crippen molar-refractivity contribution in [3.8, 4) is 0 Å². The number of halogens is 1. The quantitative estimate of drug-likeness (QED) is 0.523. The lowest BCUT2D eigenvalue weighted by atomic mass is 10.1. The molecule has 1 heterocycles. The fraction of sp³-hybridized carbons (Fsp3) is 0.609. The van der Waals surface area contributed by atoms with Gasteiger partial charge in [0.25, 0.3) is 0 Å². The van der Waals surface area contributed by atoms with Crippen molar-refractivity contribution in [2.75, 3.05) is 52.4 Å². The number of urea groups is 1. The van der Waals surface area contributed by atoms with E-state index in [9.17, 15) is 18.8 Å². The van der Waals surface area contributed by atoms with Crippen LogP contribution in [0.2, 0.25) is 0 Å². The van der Waals surface area contributed by atoms with Crippen molar-refractivity contribution in [1.82, 2.24) is 20.0 Å². The number of benzene rings is 1. The Hall–Kier alpha value is -2.68. The highest BCUT2D eigenvalue weighted by Gasteiger charge is 2.22. The zero-order valence-electron chi connectivity index (χ0n) is 19.1. The van der Waals surface area contributed by atoms with Crippen molar-refractivity contribution in [1.29, 1.82) is 0 Å². The molecular formula is C23H35FN4O4. The van der Waals surface area contributed by atoms with E-state index >= 15 is 0 Å². The number of carbonyl (C=O) groups excluding carboxylic acids is 3. The van der Waals surface area contributed by atoms with E-state index in [1.54, 1.807) is 24.0 Å². The Morgan fingerprint density at radius 1 is 1.09 bits per heavy atom. The number of esters is 1. The summed E-state index contributed by atoms with van der Waals surface area (Å²) in [6, 6.07) is 5.98. The van der Waals surface area contributed by atoms with Crippen LogP contribution < -0.4 is 5.32 Å². The average molecular weight is 451 g/mol. The second kappa shape index (κ2) is 13.7. The van der Waals surface area contributed by atoms with Crippen molar-refractivity contribution >= 4 is 17.9 Å². The van der Waals surface area contributed by atoms with Crippen LogP contribution in [0, 0.1) is 5.82 Å². The number of nitrogens with one attached hydrogen (secondary N) is 1. The molecule has 0 aliphatic carbocycles. The highest BCUT2D eigenvalue weighted by Crippen LogP contribution is 2.11. The van der Waals surface area contributed by atoms with Crippen LogP contribution in [0.25, 0.3) is 0 Å². The molecule has 8 nitrogen and oxygen atoms in total. The molecule has 32 heavy (non-hydrogen) atoms. The molecule has 0 unspecified atom stereocenters. The smallest absolute Gasteiger partial charge is 0.325 e. The van der Waals surface area contributed by atoms with E-state index in [4.69, 9.17) is 4.74 Å². The lowest BCUT2D eigenvalue weighted by molar-refractivity contribution is -0.141. The first-order chi connectivity index (χ1) is 15.4. The molecule has 0 atom stereocenters. The molecule has 2 rings (SSSR count). The highest BCUT2D eigenvalue weighted by molar-refractivity contribution is 5.80. The normalized spacial score (nSPS) is 14.2. The largest absolute Gasteiger partial charge is 0.465 e. The summed E-state index contributed by atoms with van der Waals surface area (Å²) >= 11 is 0. The van der Waals surface area contributed by atoms with Gasteiger partial charge in [0.15, 0.2) is 0 Å². The van der Waals surface area contributed by atoms with Gasteiger partial charge in [0.2, 0.25) is 5.91 Å². The number of unbranched alkanes of at least 4 members (excludes halogenated alkanes) is 1. The first kappa shape index (κ1) is 25.6. The summed E-state index contributed by atoms with van der Waals surface area (Å²) in [6.07, 6.45) is 2.31. The standard InChI is InChI=1S/C23H35FN4O4/c1-3-5-6-21(29)28(18-19-7-9-20(24)10-8-19)16-13-26-11-14-27(15-12-26)23(31)25-17-22(30)32-4-2/h7-10H,3-6,11-18H2,1-2H3,(H,25,31). The Bertz CT molecular complexity index is 736. The van der Waals surface area contributed by atoms with Crippen molar-refractivity contribution in [3.63, 3.8) is 0 Å². The summed E-state index contributed by atoms with van der Waals surface area (Å²) in [4.78, 5) is 42.0. The van der Waals surface area contributed by atoms with Crippen molar-refractivity contribution in [3.05, 3.63) is 35.6 Å². The van der Waals surface area contributed by atoms with Gasteiger partial charge in [-0.15, -0.1) is 0 Å².